The van der Waals surface area contributed by atoms with Gasteiger partial charge in [0.25, 0.3) is 11.7 Å². The van der Waals surface area contributed by atoms with Crippen LogP contribution in [0.25, 0.3) is 16.7 Å². The molecule has 0 atom stereocenters. The predicted octanol–water partition coefficient (Wildman–Crippen LogP) is 2.01. The molecule has 3 aromatic heterocycles. The van der Waals surface area contributed by atoms with E-state index in [1.54, 1.807) is 6.20 Å². The molecule has 11 nitrogen and oxygen atoms in total. The Kier molecular flexibility index (Phi) is 7.73. The maximum absolute atomic E-state index is 14.8. The van der Waals surface area contributed by atoms with Crippen LogP contribution in [-0.2, 0) is 4.79 Å². The molecule has 0 saturated carbocycles. The number of halogens is 1. The number of amidine groups is 1. The molecule has 1 saturated heterocycles. The first kappa shape index (κ1) is 26.2. The van der Waals surface area contributed by atoms with Crippen molar-refractivity contribution in [2.75, 3.05) is 53.4 Å². The molecule has 0 radical (unpaired) electrons. The molecule has 1 aliphatic heterocycles. The quantitative estimate of drug-likeness (QED) is 0.122. The fraction of sp³-hybridized carbons (Fsp3) is 0.333. The maximum Gasteiger partial charge on any atom is 0.295 e. The van der Waals surface area contributed by atoms with Crippen LogP contribution in [0, 0.1) is 5.82 Å². The second kappa shape index (κ2) is 11.5. The summed E-state index contributed by atoms with van der Waals surface area (Å²) in [7, 11) is 4.08. The first-order valence-electron chi connectivity index (χ1n) is 12.8. The van der Waals surface area contributed by atoms with Crippen molar-refractivity contribution in [3.63, 3.8) is 0 Å². The third kappa shape index (κ3) is 5.55. The van der Waals surface area contributed by atoms with Gasteiger partial charge in [-0.15, -0.1) is 5.10 Å². The van der Waals surface area contributed by atoms with Crippen LogP contribution in [0.15, 0.2) is 60.1 Å². The van der Waals surface area contributed by atoms with E-state index in [-0.39, 0.29) is 22.3 Å². The summed E-state index contributed by atoms with van der Waals surface area (Å²) in [6.07, 6.45) is 6.32. The van der Waals surface area contributed by atoms with Gasteiger partial charge in [-0.25, -0.2) is 14.1 Å². The molecule has 4 heterocycles. The predicted molar refractivity (Wildman–Crippen MR) is 144 cm³/mol. The molecule has 1 aliphatic rings. The highest BCUT2D eigenvalue weighted by atomic mass is 19.1. The van der Waals surface area contributed by atoms with Gasteiger partial charge in [-0.2, -0.15) is 0 Å². The van der Waals surface area contributed by atoms with Gasteiger partial charge in [0.1, 0.15) is 5.84 Å². The average molecular weight is 532 g/mol. The number of fused-ring (bicyclic) bond motifs is 1. The number of benzene rings is 1. The first-order valence-corrected chi connectivity index (χ1v) is 12.8. The number of nitrogens with one attached hydrogen (secondary N) is 1. The van der Waals surface area contributed by atoms with Gasteiger partial charge < -0.3 is 19.7 Å². The van der Waals surface area contributed by atoms with Crippen molar-refractivity contribution in [1.29, 1.82) is 0 Å². The molecule has 202 valence electrons. The fourth-order valence-corrected chi connectivity index (χ4v) is 4.68. The van der Waals surface area contributed by atoms with Crippen molar-refractivity contribution in [2.45, 2.75) is 6.42 Å². The van der Waals surface area contributed by atoms with Crippen molar-refractivity contribution in [2.24, 2.45) is 4.99 Å². The fourth-order valence-electron chi connectivity index (χ4n) is 4.68. The zero-order valence-electron chi connectivity index (χ0n) is 21.9. The van der Waals surface area contributed by atoms with E-state index in [4.69, 9.17) is 4.99 Å². The van der Waals surface area contributed by atoms with Crippen LogP contribution in [0.3, 0.4) is 0 Å². The average Bonchev–Trinajstić information content (AvgIpc) is 3.65. The summed E-state index contributed by atoms with van der Waals surface area (Å²) in [4.78, 5) is 44.1. The highest BCUT2D eigenvalue weighted by Gasteiger charge is 2.31. The van der Waals surface area contributed by atoms with E-state index in [0.717, 1.165) is 30.6 Å². The van der Waals surface area contributed by atoms with Crippen molar-refractivity contribution in [3.05, 3.63) is 72.1 Å². The molecule has 1 aromatic carbocycles. The van der Waals surface area contributed by atoms with Gasteiger partial charge in [-0.1, -0.05) is 35.5 Å². The van der Waals surface area contributed by atoms with Crippen molar-refractivity contribution in [1.82, 2.24) is 39.7 Å². The Labute approximate surface area is 224 Å². The number of H-pyrrole nitrogens is 1. The van der Waals surface area contributed by atoms with Gasteiger partial charge in [-0.05, 0) is 27.1 Å². The monoisotopic (exact) mass is 531 g/mol. The number of aliphatic imine (C=N–C) groups is 1. The smallest absolute Gasteiger partial charge is 0.295 e. The minimum absolute atomic E-state index is 0.00343. The second-order valence-electron chi connectivity index (χ2n) is 9.57. The van der Waals surface area contributed by atoms with E-state index >= 15 is 0 Å². The molecule has 0 unspecified atom stereocenters. The number of aromatic nitrogens is 5. The van der Waals surface area contributed by atoms with Crippen LogP contribution >= 0.6 is 0 Å². The molecule has 1 N–H and O–H groups in total. The lowest BCUT2D eigenvalue weighted by Crippen LogP contribution is -2.52. The number of carbonyl (C=O) groups excluding carboxylic acids is 2. The van der Waals surface area contributed by atoms with Crippen molar-refractivity contribution in [3.8, 4) is 5.82 Å². The normalized spacial score (nSPS) is 14.4. The number of ketones is 1. The van der Waals surface area contributed by atoms with Crippen LogP contribution < -0.4 is 0 Å². The van der Waals surface area contributed by atoms with Crippen molar-refractivity contribution >= 4 is 28.4 Å². The molecule has 1 fully saturated rings. The zero-order valence-corrected chi connectivity index (χ0v) is 21.9. The minimum atomic E-state index is -0.773. The maximum atomic E-state index is 14.8. The number of piperazine rings is 1. The number of nitrogens with zero attached hydrogens (tertiary/aromatic N) is 8. The third-order valence-corrected chi connectivity index (χ3v) is 6.64. The summed E-state index contributed by atoms with van der Waals surface area (Å²) in [5.74, 6) is -0.973. The number of carbonyl (C=O) groups is 2. The lowest BCUT2D eigenvalue weighted by molar-refractivity contribution is -0.127. The summed E-state index contributed by atoms with van der Waals surface area (Å²) in [5.41, 5.74) is 1.25. The molecule has 1 amide bonds. The minimum Gasteiger partial charge on any atom is -0.357 e. The molecule has 0 spiro atoms. The van der Waals surface area contributed by atoms with Crippen LogP contribution in [0.4, 0.5) is 4.39 Å². The Morgan fingerprint density at radius 1 is 1.10 bits per heavy atom. The molecular weight excluding hydrogens is 501 g/mol. The lowest BCUT2D eigenvalue weighted by atomic mass is 10.1. The van der Waals surface area contributed by atoms with E-state index in [2.05, 4.69) is 30.1 Å². The zero-order chi connectivity index (χ0) is 27.4. The Morgan fingerprint density at radius 3 is 2.54 bits per heavy atom. The van der Waals surface area contributed by atoms with Crippen LogP contribution in [-0.4, -0.2) is 111 Å². The van der Waals surface area contributed by atoms with E-state index in [9.17, 15) is 14.0 Å². The number of hydrogen-bond donors (Lipinski definition) is 1. The van der Waals surface area contributed by atoms with Crippen LogP contribution in [0.2, 0.25) is 0 Å². The molecule has 39 heavy (non-hydrogen) atoms. The highest BCUT2D eigenvalue weighted by Crippen LogP contribution is 2.26. The van der Waals surface area contributed by atoms with Gasteiger partial charge in [0, 0.05) is 44.5 Å². The summed E-state index contributed by atoms with van der Waals surface area (Å²) in [6, 6.07) is 9.98. The van der Waals surface area contributed by atoms with Crippen molar-refractivity contribution < 1.29 is 14.0 Å². The standard InChI is InChI=1S/C27H30FN9O2/c1-34(2)11-6-9-29-25(19-7-4-3-5-8-19)35-13-15-36(16-14-35)27(39)24(38)20-17-30-23-22(20)21(28)18-31-26(23)37-12-10-32-33-37/h3-5,7-8,10,12,17-18,30H,6,9,11,13-16H2,1-2H3. The molecule has 0 bridgehead atoms. The third-order valence-electron chi connectivity index (χ3n) is 6.64. The molecule has 0 aliphatic carbocycles. The Balaban J connectivity index is 1.30. The van der Waals surface area contributed by atoms with E-state index < -0.39 is 17.5 Å². The van der Waals surface area contributed by atoms with Gasteiger partial charge >= 0.3 is 0 Å². The van der Waals surface area contributed by atoms with Crippen LogP contribution in [0.5, 0.6) is 0 Å². The number of aromatic amines is 1. The number of hydrogen-bond acceptors (Lipinski definition) is 7. The van der Waals surface area contributed by atoms with Crippen LogP contribution in [0.1, 0.15) is 22.3 Å². The molecule has 12 heteroatoms. The molecule has 5 rings (SSSR count). The largest absolute Gasteiger partial charge is 0.357 e. The highest BCUT2D eigenvalue weighted by molar-refractivity contribution is 6.45. The Hall–Kier alpha value is -4.45. The number of pyridine rings is 1. The summed E-state index contributed by atoms with van der Waals surface area (Å²) in [6.45, 7) is 3.40. The molecule has 4 aromatic rings. The first-order chi connectivity index (χ1) is 18.9. The second-order valence-corrected chi connectivity index (χ2v) is 9.57. The number of rotatable bonds is 8. The number of Topliss-reactive ketones (excluding diaryl/α,β-unsaturated/α-hetero) is 1. The van der Waals surface area contributed by atoms with Gasteiger partial charge in [0.2, 0.25) is 0 Å². The lowest BCUT2D eigenvalue weighted by Gasteiger charge is -2.36. The number of amides is 1. The summed E-state index contributed by atoms with van der Waals surface area (Å²) in [5, 5.41) is 7.64. The SMILES string of the molecule is CN(C)CCCN=C(c1ccccc1)N1CCN(C(=O)C(=O)c2c[nH]c3c(-n4ccnn4)ncc(F)c23)CC1. The van der Waals surface area contributed by atoms with Gasteiger partial charge in [-0.3, -0.25) is 14.6 Å². The van der Waals surface area contributed by atoms with E-state index in [1.165, 1.54) is 22.0 Å². The summed E-state index contributed by atoms with van der Waals surface area (Å²) < 4.78 is 16.2. The topological polar surface area (TPSA) is 116 Å². The summed E-state index contributed by atoms with van der Waals surface area (Å²) >= 11 is 0. The molecular formula is C27H30FN9O2. The van der Waals surface area contributed by atoms with Gasteiger partial charge in [0.05, 0.1) is 35.1 Å². The Morgan fingerprint density at radius 2 is 1.85 bits per heavy atom. The Bertz CT molecular complexity index is 1470. The van der Waals surface area contributed by atoms with Gasteiger partial charge in [0.15, 0.2) is 11.6 Å². The van der Waals surface area contributed by atoms with E-state index in [1.807, 2.05) is 44.4 Å². The van der Waals surface area contributed by atoms with E-state index in [0.29, 0.717) is 32.7 Å².